The molecule has 0 bridgehead atoms. The standard InChI is InChI=1S/C18H27N3O2/c1-13-11-19-16(23-13)12-21-7-3-15(4-8-21)20-17(22)14-9-18(10-14)5-2-6-18/h11,14-15H,2-10,12H2,1H3,(H,20,22). The van der Waals surface area contributed by atoms with Gasteiger partial charge in [0.1, 0.15) is 5.76 Å². The van der Waals surface area contributed by atoms with E-state index in [2.05, 4.69) is 15.2 Å². The highest BCUT2D eigenvalue weighted by Crippen LogP contribution is 2.58. The summed E-state index contributed by atoms with van der Waals surface area (Å²) in [5.41, 5.74) is 0.583. The van der Waals surface area contributed by atoms with Crippen LogP contribution in [-0.2, 0) is 11.3 Å². The van der Waals surface area contributed by atoms with Gasteiger partial charge in [-0.05, 0) is 50.9 Å². The van der Waals surface area contributed by atoms with Crippen LogP contribution in [0, 0.1) is 18.3 Å². The van der Waals surface area contributed by atoms with Crippen LogP contribution in [0.15, 0.2) is 10.6 Å². The Morgan fingerprint density at radius 1 is 1.39 bits per heavy atom. The lowest BCUT2D eigenvalue weighted by atomic mass is 9.51. The Hall–Kier alpha value is -1.36. The molecule has 1 aromatic heterocycles. The molecule has 1 N–H and O–H groups in total. The summed E-state index contributed by atoms with van der Waals surface area (Å²) in [5, 5.41) is 3.29. The number of hydrogen-bond acceptors (Lipinski definition) is 4. The van der Waals surface area contributed by atoms with E-state index in [1.807, 2.05) is 6.92 Å². The SMILES string of the molecule is Cc1cnc(CN2CCC(NC(=O)C3CC4(CCC4)C3)CC2)o1. The first-order valence-corrected chi connectivity index (χ1v) is 9.06. The molecule has 1 aromatic rings. The van der Waals surface area contributed by atoms with Gasteiger partial charge in [-0.25, -0.2) is 4.98 Å². The summed E-state index contributed by atoms with van der Waals surface area (Å²) in [4.78, 5) is 19.0. The van der Waals surface area contributed by atoms with E-state index >= 15 is 0 Å². The number of carbonyl (C=O) groups excluding carboxylic acids is 1. The summed E-state index contributed by atoms with van der Waals surface area (Å²) in [7, 11) is 0. The Morgan fingerprint density at radius 2 is 2.13 bits per heavy atom. The average Bonchev–Trinajstić information content (AvgIpc) is 2.83. The van der Waals surface area contributed by atoms with Gasteiger partial charge in [0.2, 0.25) is 11.8 Å². The van der Waals surface area contributed by atoms with Crippen molar-refractivity contribution >= 4 is 5.91 Å². The van der Waals surface area contributed by atoms with Crippen molar-refractivity contribution in [3.63, 3.8) is 0 Å². The molecule has 1 saturated heterocycles. The zero-order valence-electron chi connectivity index (χ0n) is 14.0. The molecule has 3 aliphatic rings. The van der Waals surface area contributed by atoms with Gasteiger partial charge >= 0.3 is 0 Å². The lowest BCUT2D eigenvalue weighted by Gasteiger charge is -2.53. The summed E-state index contributed by atoms with van der Waals surface area (Å²) in [6.45, 7) is 4.70. The van der Waals surface area contributed by atoms with Crippen LogP contribution in [-0.4, -0.2) is 34.9 Å². The van der Waals surface area contributed by atoms with E-state index < -0.39 is 0 Å². The molecular weight excluding hydrogens is 290 g/mol. The van der Waals surface area contributed by atoms with Gasteiger partial charge in [-0.2, -0.15) is 0 Å². The third kappa shape index (κ3) is 3.16. The van der Waals surface area contributed by atoms with Crippen LogP contribution in [0.4, 0.5) is 0 Å². The molecule has 126 valence electrons. The van der Waals surface area contributed by atoms with Gasteiger partial charge in [0.25, 0.3) is 0 Å². The highest BCUT2D eigenvalue weighted by Gasteiger charge is 2.50. The van der Waals surface area contributed by atoms with E-state index in [1.165, 1.54) is 19.3 Å². The molecule has 3 fully saturated rings. The molecule has 23 heavy (non-hydrogen) atoms. The Labute approximate surface area is 137 Å². The Bertz CT molecular complexity index is 563. The predicted molar refractivity (Wildman–Crippen MR) is 86.7 cm³/mol. The van der Waals surface area contributed by atoms with Crippen molar-refractivity contribution in [3.05, 3.63) is 17.8 Å². The average molecular weight is 317 g/mol. The van der Waals surface area contributed by atoms with Gasteiger partial charge < -0.3 is 9.73 Å². The Morgan fingerprint density at radius 3 is 2.70 bits per heavy atom. The molecule has 2 aliphatic carbocycles. The number of aryl methyl sites for hydroxylation is 1. The number of hydrogen-bond donors (Lipinski definition) is 1. The van der Waals surface area contributed by atoms with Crippen LogP contribution in [0.1, 0.15) is 56.6 Å². The molecule has 0 radical (unpaired) electrons. The van der Waals surface area contributed by atoms with Gasteiger partial charge in [-0.3, -0.25) is 9.69 Å². The van der Waals surface area contributed by atoms with E-state index in [0.29, 0.717) is 23.3 Å². The van der Waals surface area contributed by atoms with Crippen molar-refractivity contribution < 1.29 is 9.21 Å². The minimum Gasteiger partial charge on any atom is -0.445 e. The number of rotatable bonds is 4. The minimum absolute atomic E-state index is 0.295. The van der Waals surface area contributed by atoms with E-state index in [9.17, 15) is 4.79 Å². The van der Waals surface area contributed by atoms with E-state index in [1.54, 1.807) is 6.20 Å². The number of piperidine rings is 1. The third-order valence-electron chi connectivity index (χ3n) is 6.11. The fourth-order valence-electron chi connectivity index (χ4n) is 4.48. The van der Waals surface area contributed by atoms with E-state index in [4.69, 9.17) is 4.42 Å². The molecule has 0 atom stereocenters. The second-order valence-corrected chi connectivity index (χ2v) is 7.88. The number of likely N-dealkylation sites (tertiary alicyclic amines) is 1. The highest BCUT2D eigenvalue weighted by atomic mass is 16.4. The second-order valence-electron chi connectivity index (χ2n) is 7.88. The van der Waals surface area contributed by atoms with Crippen LogP contribution < -0.4 is 5.32 Å². The summed E-state index contributed by atoms with van der Waals surface area (Å²) in [5.74, 6) is 2.27. The summed E-state index contributed by atoms with van der Waals surface area (Å²) in [6, 6.07) is 0.350. The molecule has 1 aliphatic heterocycles. The molecule has 1 amide bonds. The first kappa shape index (κ1) is 15.2. The maximum absolute atomic E-state index is 12.3. The molecule has 0 aromatic carbocycles. The van der Waals surface area contributed by atoms with Gasteiger partial charge in [0.15, 0.2) is 0 Å². The molecule has 5 nitrogen and oxygen atoms in total. The lowest BCUT2D eigenvalue weighted by molar-refractivity contribution is -0.137. The predicted octanol–water partition coefficient (Wildman–Crippen LogP) is 2.64. The van der Waals surface area contributed by atoms with Crippen LogP contribution in [0.2, 0.25) is 0 Å². The molecule has 4 rings (SSSR count). The van der Waals surface area contributed by atoms with Crippen LogP contribution in [0.25, 0.3) is 0 Å². The van der Waals surface area contributed by atoms with Gasteiger partial charge in [0, 0.05) is 25.0 Å². The largest absolute Gasteiger partial charge is 0.445 e. The van der Waals surface area contributed by atoms with Crippen LogP contribution >= 0.6 is 0 Å². The smallest absolute Gasteiger partial charge is 0.223 e. The first-order chi connectivity index (χ1) is 11.1. The number of nitrogens with one attached hydrogen (secondary N) is 1. The van der Waals surface area contributed by atoms with E-state index in [0.717, 1.165) is 57.0 Å². The molecule has 5 heteroatoms. The summed E-state index contributed by atoms with van der Waals surface area (Å²) < 4.78 is 5.54. The summed E-state index contributed by atoms with van der Waals surface area (Å²) in [6.07, 6.45) is 10.2. The normalized spacial score (nSPS) is 25.1. The highest BCUT2D eigenvalue weighted by molar-refractivity contribution is 5.80. The molecule has 2 heterocycles. The third-order valence-corrected chi connectivity index (χ3v) is 6.11. The zero-order chi connectivity index (χ0) is 15.9. The van der Waals surface area contributed by atoms with Crippen molar-refractivity contribution in [2.24, 2.45) is 11.3 Å². The number of oxazole rings is 1. The molecule has 1 spiro atoms. The monoisotopic (exact) mass is 317 g/mol. The van der Waals surface area contributed by atoms with Crippen molar-refractivity contribution in [2.75, 3.05) is 13.1 Å². The zero-order valence-corrected chi connectivity index (χ0v) is 14.0. The van der Waals surface area contributed by atoms with Crippen molar-refractivity contribution in [1.82, 2.24) is 15.2 Å². The maximum atomic E-state index is 12.3. The number of aromatic nitrogens is 1. The fraction of sp³-hybridized carbons (Fsp3) is 0.778. The quantitative estimate of drug-likeness (QED) is 0.927. The number of carbonyl (C=O) groups is 1. The molecule has 0 unspecified atom stereocenters. The Balaban J connectivity index is 1.18. The van der Waals surface area contributed by atoms with Crippen LogP contribution in [0.3, 0.4) is 0 Å². The first-order valence-electron chi connectivity index (χ1n) is 9.06. The fourth-order valence-corrected chi connectivity index (χ4v) is 4.48. The van der Waals surface area contributed by atoms with Gasteiger partial charge in [-0.1, -0.05) is 6.42 Å². The lowest BCUT2D eigenvalue weighted by Crippen LogP contribution is -2.52. The number of nitrogens with zero attached hydrogens (tertiary/aromatic N) is 2. The number of amides is 1. The van der Waals surface area contributed by atoms with Gasteiger partial charge in [-0.15, -0.1) is 0 Å². The maximum Gasteiger partial charge on any atom is 0.223 e. The molecular formula is C18H27N3O2. The van der Waals surface area contributed by atoms with Crippen molar-refractivity contribution in [2.45, 2.75) is 64.5 Å². The van der Waals surface area contributed by atoms with Gasteiger partial charge in [0.05, 0.1) is 12.7 Å². The van der Waals surface area contributed by atoms with Crippen molar-refractivity contribution in [1.29, 1.82) is 0 Å². The van der Waals surface area contributed by atoms with Crippen LogP contribution in [0.5, 0.6) is 0 Å². The Kier molecular flexibility index (Phi) is 3.92. The minimum atomic E-state index is 0.295. The van der Waals surface area contributed by atoms with E-state index in [-0.39, 0.29) is 0 Å². The summed E-state index contributed by atoms with van der Waals surface area (Å²) >= 11 is 0. The second kappa shape index (κ2) is 5.93. The van der Waals surface area contributed by atoms with Crippen molar-refractivity contribution in [3.8, 4) is 0 Å². The topological polar surface area (TPSA) is 58.4 Å². The molecule has 2 saturated carbocycles.